The van der Waals surface area contributed by atoms with Crippen molar-refractivity contribution in [3.05, 3.63) is 126 Å². The molecule has 0 fully saturated rings. The van der Waals surface area contributed by atoms with Crippen molar-refractivity contribution in [3.8, 4) is 28.3 Å². The Hall–Kier alpha value is -4.30. The van der Waals surface area contributed by atoms with Crippen LogP contribution in [-0.2, 0) is 5.41 Å². The van der Waals surface area contributed by atoms with E-state index in [0.717, 1.165) is 4.57 Å². The van der Waals surface area contributed by atoms with Gasteiger partial charge in [0.1, 0.15) is 11.5 Å². The zero-order valence-electron chi connectivity index (χ0n) is 37.4. The number of ether oxygens (including phenoxy) is 1. The fraction of sp³-hybridized carbons (Fsp3) is 0.0909. The Morgan fingerprint density at radius 1 is 0.657 bits per heavy atom. The predicted octanol–water partition coefficient (Wildman–Crippen LogP) is 8.88. The van der Waals surface area contributed by atoms with Gasteiger partial charge in [-0.3, -0.25) is 0 Å². The number of rotatable bonds is 2. The summed E-state index contributed by atoms with van der Waals surface area (Å²) in [6.45, 7) is 3.01. The van der Waals surface area contributed by atoms with Crippen LogP contribution in [-0.4, -0.2) is 4.57 Å². The van der Waals surface area contributed by atoms with E-state index < -0.39 is 165 Å². The summed E-state index contributed by atoms with van der Waals surface area (Å²) < 4.78 is 173. The molecule has 0 bridgehead atoms. The van der Waals surface area contributed by atoms with Gasteiger partial charge in [-0.2, -0.15) is 0 Å². The number of para-hydroxylation sites is 4. The third-order valence-electron chi connectivity index (χ3n) is 6.06. The molecule has 1 aliphatic heterocycles. The minimum Gasteiger partial charge on any atom is -0.457 e. The molecule has 0 unspecified atom stereocenters. The Kier molecular flexibility index (Phi) is 1.83. The van der Waals surface area contributed by atoms with E-state index in [1.54, 1.807) is 0 Å². The van der Waals surface area contributed by atoms with E-state index in [4.69, 9.17) is 26.7 Å². The summed E-state index contributed by atoms with van der Waals surface area (Å²) in [4.78, 5) is 0. The molecule has 6 aromatic rings. The number of benzene rings is 5. The number of hydrogen-bond donors (Lipinski definition) is 0. The van der Waals surface area contributed by atoms with Gasteiger partial charge in [-0.1, -0.05) is 92.4 Å². The Morgan fingerprint density at radius 2 is 1.37 bits per heavy atom. The van der Waals surface area contributed by atoms with E-state index in [2.05, 4.69) is 0 Å². The average molecular weight is 471 g/mol. The Morgan fingerprint density at radius 3 is 2.26 bits per heavy atom. The highest BCUT2D eigenvalue weighted by Gasteiger charge is 2.34. The molecule has 0 radical (unpaired) electrons. The van der Waals surface area contributed by atoms with Crippen molar-refractivity contribution >= 4 is 21.8 Å². The molecular formula is C33H25NO. The van der Waals surface area contributed by atoms with E-state index in [1.165, 1.54) is 13.8 Å². The predicted molar refractivity (Wildman–Crippen MR) is 145 cm³/mol. The van der Waals surface area contributed by atoms with Gasteiger partial charge < -0.3 is 9.30 Å². The molecule has 2 heterocycles. The molecule has 5 aromatic carbocycles. The lowest BCUT2D eigenvalue weighted by atomic mass is 9.75. The molecule has 0 saturated heterocycles. The molecule has 2 heteroatoms. The number of nitrogens with zero attached hydrogens (tertiary/aromatic N) is 1. The molecular weight excluding hydrogens is 426 g/mol. The fourth-order valence-electron chi connectivity index (χ4n) is 4.41. The van der Waals surface area contributed by atoms with Crippen molar-refractivity contribution in [2.75, 3.05) is 0 Å². The third kappa shape index (κ3) is 2.90. The van der Waals surface area contributed by atoms with Gasteiger partial charge in [-0.25, -0.2) is 0 Å². The van der Waals surface area contributed by atoms with Gasteiger partial charge in [0, 0.05) is 38.6 Å². The number of hydrogen-bond acceptors (Lipinski definition) is 1. The van der Waals surface area contributed by atoms with Gasteiger partial charge in [-0.15, -0.1) is 0 Å². The van der Waals surface area contributed by atoms with Crippen LogP contribution in [0.5, 0.6) is 11.5 Å². The van der Waals surface area contributed by atoms with Crippen LogP contribution in [0.3, 0.4) is 0 Å². The molecule has 168 valence electrons. The normalized spacial score (nSPS) is 21.5. The highest BCUT2D eigenvalue weighted by Crippen LogP contribution is 2.49. The molecule has 2 nitrogen and oxygen atoms in total. The number of fused-ring (bicyclic) bond motifs is 5. The zero-order chi connectivity index (χ0) is 40.1. The van der Waals surface area contributed by atoms with Crippen molar-refractivity contribution in [3.63, 3.8) is 0 Å². The Labute approximate surface area is 231 Å². The van der Waals surface area contributed by atoms with E-state index in [1.807, 2.05) is 0 Å². The standard InChI is InChI=1S/C33H25NO/c1-33(2)27-16-7-9-18-30(27)35-31-20-19-22(21-28(31)33)24-14-10-15-26-25-13-6-8-17-29(25)34(32(24)26)23-11-4-3-5-12-23/h3-21H,1-2H3/i3D,4D,5D,6D,7D,8D,9D,10D,11D,12D,13D,14D,15D,16D,17D,18D,19D,20D,21D. The highest BCUT2D eigenvalue weighted by molar-refractivity contribution is 6.13. The molecule has 0 atom stereocenters. The maximum atomic E-state index is 9.59. The molecule has 35 heavy (non-hydrogen) atoms. The van der Waals surface area contributed by atoms with Crippen LogP contribution in [0.25, 0.3) is 38.6 Å². The third-order valence-corrected chi connectivity index (χ3v) is 6.06. The van der Waals surface area contributed by atoms with Crippen molar-refractivity contribution in [2.24, 2.45) is 0 Å². The van der Waals surface area contributed by atoms with Gasteiger partial charge in [0.25, 0.3) is 0 Å². The van der Waals surface area contributed by atoms with Gasteiger partial charge >= 0.3 is 0 Å². The lowest BCUT2D eigenvalue weighted by Crippen LogP contribution is -2.24. The second-order valence-corrected chi connectivity index (χ2v) is 8.39. The summed E-state index contributed by atoms with van der Waals surface area (Å²) in [6.07, 6.45) is 0. The maximum Gasteiger partial charge on any atom is 0.131 e. The highest BCUT2D eigenvalue weighted by atomic mass is 16.5. The van der Waals surface area contributed by atoms with Crippen LogP contribution in [0, 0.1) is 0 Å². The van der Waals surface area contributed by atoms with Gasteiger partial charge in [0.2, 0.25) is 0 Å². The second kappa shape index (κ2) is 7.35. The second-order valence-electron chi connectivity index (χ2n) is 8.39. The lowest BCUT2D eigenvalue weighted by Gasteiger charge is -2.34. The van der Waals surface area contributed by atoms with Crippen LogP contribution in [0.1, 0.15) is 51.0 Å². The van der Waals surface area contributed by atoms with Crippen molar-refractivity contribution < 1.29 is 30.8 Å². The van der Waals surface area contributed by atoms with Crippen LogP contribution in [0.4, 0.5) is 0 Å². The van der Waals surface area contributed by atoms with E-state index in [0.29, 0.717) is 0 Å². The summed E-state index contributed by atoms with van der Waals surface area (Å²) in [5, 5.41) is -0.823. The fourth-order valence-corrected chi connectivity index (χ4v) is 4.41. The minimum atomic E-state index is -1.54. The lowest BCUT2D eigenvalue weighted by molar-refractivity contribution is 0.418. The zero-order valence-corrected chi connectivity index (χ0v) is 18.4. The number of aromatic nitrogens is 1. The quantitative estimate of drug-likeness (QED) is 0.246. The van der Waals surface area contributed by atoms with E-state index in [-0.39, 0.29) is 16.9 Å². The molecule has 0 saturated carbocycles. The molecule has 0 amide bonds. The first kappa shape index (κ1) is 8.73. The first-order valence-corrected chi connectivity index (χ1v) is 10.6. The molecule has 0 spiro atoms. The largest absolute Gasteiger partial charge is 0.457 e. The Bertz CT molecular complexity index is 2740. The monoisotopic (exact) mass is 470 g/mol. The van der Waals surface area contributed by atoms with Crippen LogP contribution in [0.15, 0.2) is 115 Å². The summed E-state index contributed by atoms with van der Waals surface area (Å²) in [6, 6.07) is -13.9. The average Bonchev–Trinajstić information content (AvgIpc) is 3.47. The van der Waals surface area contributed by atoms with Gasteiger partial charge in [-0.05, 0) is 41.8 Å². The Balaban J connectivity index is 1.78. The summed E-state index contributed by atoms with van der Waals surface area (Å²) in [7, 11) is 0. The van der Waals surface area contributed by atoms with Crippen LogP contribution in [0.2, 0.25) is 0 Å². The summed E-state index contributed by atoms with van der Waals surface area (Å²) in [5.41, 5.74) is -4.47. The first-order valence-electron chi connectivity index (χ1n) is 20.1. The molecule has 0 aliphatic carbocycles. The van der Waals surface area contributed by atoms with Gasteiger partial charge in [0.15, 0.2) is 0 Å². The first-order chi connectivity index (χ1) is 25.0. The van der Waals surface area contributed by atoms with Crippen molar-refractivity contribution in [1.82, 2.24) is 4.57 Å². The van der Waals surface area contributed by atoms with Crippen molar-refractivity contribution in [2.45, 2.75) is 19.3 Å². The van der Waals surface area contributed by atoms with Gasteiger partial charge in [0.05, 0.1) is 37.1 Å². The van der Waals surface area contributed by atoms with E-state index in [9.17, 15) is 4.11 Å². The summed E-state index contributed by atoms with van der Waals surface area (Å²) >= 11 is 0. The molecule has 1 aromatic heterocycles. The smallest absolute Gasteiger partial charge is 0.131 e. The summed E-state index contributed by atoms with van der Waals surface area (Å²) in [5.74, 6) is -0.716. The minimum absolute atomic E-state index is 0.0756. The van der Waals surface area contributed by atoms with Crippen LogP contribution < -0.4 is 4.74 Å². The topological polar surface area (TPSA) is 14.2 Å². The SMILES string of the molecule is [2H]c1c([2H])c([2H])c(-n2c3c([2H])c([2H])c([2H])c([2H])c3c3c([2H])c([2H])c([2H])c(-c4c([2H])c([2H])c5c(c4[2H])C(C)(C)c4c([2H])c([2H])c([2H])c([2H])c4O5)c32)c([2H])c1[2H]. The maximum absolute atomic E-state index is 9.59. The molecule has 7 rings (SSSR count). The molecule has 0 N–H and O–H groups in total. The van der Waals surface area contributed by atoms with Crippen LogP contribution >= 0.6 is 0 Å². The van der Waals surface area contributed by atoms with Crippen molar-refractivity contribution in [1.29, 1.82) is 0 Å². The molecule has 1 aliphatic rings. The van der Waals surface area contributed by atoms with E-state index >= 15 is 0 Å².